The van der Waals surface area contributed by atoms with Crippen molar-refractivity contribution in [3.63, 3.8) is 0 Å². The Hall–Kier alpha value is -3.62. The Bertz CT molecular complexity index is 1280. The Morgan fingerprint density at radius 1 is 1.00 bits per heavy atom. The van der Waals surface area contributed by atoms with Crippen molar-refractivity contribution >= 4 is 27.5 Å². The molecule has 0 spiro atoms. The molecule has 148 valence electrons. The molecule has 0 saturated carbocycles. The van der Waals surface area contributed by atoms with Crippen LogP contribution in [0, 0.1) is 24.1 Å². The second kappa shape index (κ2) is 8.40. The predicted octanol–water partition coefficient (Wildman–Crippen LogP) is 7.35. The summed E-state index contributed by atoms with van der Waals surface area (Å²) in [7, 11) is 1.64. The van der Waals surface area contributed by atoms with Gasteiger partial charge in [0.15, 0.2) is 5.75 Å². The normalized spacial score (nSPS) is 11.0. The second-order valence-electron chi connectivity index (χ2n) is 6.72. The minimum atomic E-state index is -0.262. The molecule has 0 aliphatic heterocycles. The average molecular weight is 415 g/mol. The van der Waals surface area contributed by atoms with Crippen LogP contribution >= 0.6 is 11.3 Å². The molecule has 0 bridgehead atoms. The zero-order valence-corrected chi connectivity index (χ0v) is 17.3. The van der Waals surface area contributed by atoms with Gasteiger partial charge in [0.25, 0.3) is 0 Å². The molecule has 1 heterocycles. The lowest BCUT2D eigenvalue weighted by molar-refractivity contribution is 0.415. The number of hydrogen-bond donors (Lipinski definition) is 0. The maximum absolute atomic E-state index is 13.7. The number of nitriles is 1. The van der Waals surface area contributed by atoms with E-state index < -0.39 is 0 Å². The smallest absolute Gasteiger partial charge is 0.153 e. The molecule has 0 atom stereocenters. The lowest BCUT2D eigenvalue weighted by Gasteiger charge is -2.10. The van der Waals surface area contributed by atoms with E-state index in [2.05, 4.69) is 0 Å². The van der Waals surface area contributed by atoms with Crippen molar-refractivity contribution in [2.45, 2.75) is 6.92 Å². The molecule has 3 nitrogen and oxygen atoms in total. The van der Waals surface area contributed by atoms with E-state index in [-0.39, 0.29) is 5.82 Å². The van der Waals surface area contributed by atoms with Gasteiger partial charge in [-0.1, -0.05) is 18.2 Å². The summed E-state index contributed by atoms with van der Waals surface area (Å²) >= 11 is 1.59. The van der Waals surface area contributed by atoms with Crippen molar-refractivity contribution in [2.24, 2.45) is 0 Å². The van der Waals surface area contributed by atoms with Gasteiger partial charge in [0.1, 0.15) is 17.3 Å². The molecule has 0 N–H and O–H groups in total. The van der Waals surface area contributed by atoms with E-state index in [9.17, 15) is 4.39 Å². The number of rotatable bonds is 5. The number of aryl methyl sites for hydroxylation is 1. The first-order valence-corrected chi connectivity index (χ1v) is 10.1. The number of allylic oxidation sites excluding steroid dienone is 1. The molecule has 1 aromatic heterocycles. The molecule has 0 radical (unpaired) electrons. The first-order chi connectivity index (χ1) is 14.6. The number of nitrogens with zero attached hydrogens (tertiary/aromatic N) is 1. The summed E-state index contributed by atoms with van der Waals surface area (Å²) in [6.07, 6.45) is 3.18. The summed E-state index contributed by atoms with van der Waals surface area (Å²) in [4.78, 5) is 0.934. The Morgan fingerprint density at radius 3 is 2.47 bits per heavy atom. The van der Waals surface area contributed by atoms with Gasteiger partial charge in [-0.3, -0.25) is 0 Å². The third-order valence-electron chi connectivity index (χ3n) is 4.74. The van der Waals surface area contributed by atoms with Crippen molar-refractivity contribution in [2.75, 3.05) is 7.11 Å². The van der Waals surface area contributed by atoms with Gasteiger partial charge >= 0.3 is 0 Å². The van der Waals surface area contributed by atoms with E-state index in [4.69, 9.17) is 14.7 Å². The van der Waals surface area contributed by atoms with Crippen molar-refractivity contribution in [1.29, 1.82) is 5.26 Å². The highest BCUT2D eigenvalue weighted by Gasteiger charge is 2.18. The van der Waals surface area contributed by atoms with E-state index in [1.165, 1.54) is 18.2 Å². The van der Waals surface area contributed by atoms with Crippen LogP contribution in [0.2, 0.25) is 0 Å². The summed E-state index contributed by atoms with van der Waals surface area (Å²) in [5.41, 5.74) is 2.69. The number of benzene rings is 3. The van der Waals surface area contributed by atoms with Crippen molar-refractivity contribution < 1.29 is 13.9 Å². The largest absolute Gasteiger partial charge is 0.497 e. The summed E-state index contributed by atoms with van der Waals surface area (Å²) in [5, 5.41) is 9.64. The zero-order chi connectivity index (χ0) is 21.1. The lowest BCUT2D eigenvalue weighted by Crippen LogP contribution is -1.88. The van der Waals surface area contributed by atoms with Crippen LogP contribution in [0.3, 0.4) is 0 Å². The standard InChI is InChI=1S/C25H18FNO2S/c1-16-14-18(26)7-11-21(16)25-24(22-12-10-20(28-2)15-23(22)30-25)29-19-8-5-17(6-9-19)4-3-13-27/h3-12,14-15H,1-2H3/b4-3+. The van der Waals surface area contributed by atoms with Crippen LogP contribution in [0.4, 0.5) is 4.39 Å². The number of methoxy groups -OCH3 is 1. The minimum Gasteiger partial charge on any atom is -0.497 e. The topological polar surface area (TPSA) is 42.2 Å². The molecule has 30 heavy (non-hydrogen) atoms. The van der Waals surface area contributed by atoms with E-state index in [0.29, 0.717) is 5.75 Å². The fourth-order valence-electron chi connectivity index (χ4n) is 3.24. The fraction of sp³-hybridized carbons (Fsp3) is 0.0800. The van der Waals surface area contributed by atoms with Crippen LogP contribution in [0.25, 0.3) is 26.6 Å². The van der Waals surface area contributed by atoms with Crippen LogP contribution in [0.15, 0.2) is 66.7 Å². The fourth-order valence-corrected chi connectivity index (χ4v) is 4.49. The van der Waals surface area contributed by atoms with Crippen molar-refractivity contribution in [3.05, 3.63) is 83.7 Å². The Kier molecular flexibility index (Phi) is 5.51. The molecule has 0 unspecified atom stereocenters. The molecule has 0 fully saturated rings. The highest BCUT2D eigenvalue weighted by atomic mass is 32.1. The van der Waals surface area contributed by atoms with Crippen LogP contribution in [0.5, 0.6) is 17.2 Å². The highest BCUT2D eigenvalue weighted by molar-refractivity contribution is 7.22. The Morgan fingerprint density at radius 2 is 1.77 bits per heavy atom. The van der Waals surface area contributed by atoms with Gasteiger partial charge in [-0.05, 0) is 72.2 Å². The molecule has 0 amide bonds. The first kappa shape index (κ1) is 19.7. The van der Waals surface area contributed by atoms with E-state index >= 15 is 0 Å². The van der Waals surface area contributed by atoms with Crippen LogP contribution in [0.1, 0.15) is 11.1 Å². The van der Waals surface area contributed by atoms with Gasteiger partial charge in [-0.25, -0.2) is 4.39 Å². The molecule has 0 aliphatic rings. The van der Waals surface area contributed by atoms with Gasteiger partial charge in [0.05, 0.1) is 18.1 Å². The molecule has 5 heteroatoms. The number of thiophene rings is 1. The monoisotopic (exact) mass is 415 g/mol. The summed E-state index contributed by atoms with van der Waals surface area (Å²) in [6.45, 7) is 1.89. The summed E-state index contributed by atoms with van der Waals surface area (Å²) < 4.78 is 26.4. The molecular weight excluding hydrogens is 397 g/mol. The summed E-state index contributed by atoms with van der Waals surface area (Å²) in [5.74, 6) is 1.92. The lowest BCUT2D eigenvalue weighted by atomic mass is 10.1. The van der Waals surface area contributed by atoms with E-state index in [0.717, 1.165) is 43.2 Å². The third-order valence-corrected chi connectivity index (χ3v) is 5.90. The summed E-state index contributed by atoms with van der Waals surface area (Å²) in [6, 6.07) is 20.1. The van der Waals surface area contributed by atoms with Gasteiger partial charge < -0.3 is 9.47 Å². The molecule has 0 aliphatic carbocycles. The first-order valence-electron chi connectivity index (χ1n) is 9.30. The molecule has 0 saturated heterocycles. The quantitative estimate of drug-likeness (QED) is 0.320. The Balaban J connectivity index is 1.82. The maximum atomic E-state index is 13.7. The Labute approximate surface area is 178 Å². The average Bonchev–Trinajstić information content (AvgIpc) is 3.10. The van der Waals surface area contributed by atoms with Gasteiger partial charge in [-0.2, -0.15) is 5.26 Å². The SMILES string of the molecule is COc1ccc2c(Oc3ccc(/C=C/C#N)cc3)c(-c3ccc(F)cc3C)sc2c1. The maximum Gasteiger partial charge on any atom is 0.153 e. The van der Waals surface area contributed by atoms with Crippen molar-refractivity contribution in [3.8, 4) is 33.8 Å². The van der Waals surface area contributed by atoms with Gasteiger partial charge in [0.2, 0.25) is 0 Å². The van der Waals surface area contributed by atoms with Gasteiger partial charge in [-0.15, -0.1) is 11.3 Å². The third kappa shape index (κ3) is 3.91. The predicted molar refractivity (Wildman–Crippen MR) is 120 cm³/mol. The number of hydrogen-bond acceptors (Lipinski definition) is 4. The van der Waals surface area contributed by atoms with E-state index in [1.54, 1.807) is 30.6 Å². The molecular formula is C25H18FNO2S. The van der Waals surface area contributed by atoms with Crippen molar-refractivity contribution in [1.82, 2.24) is 0 Å². The van der Waals surface area contributed by atoms with Crippen LogP contribution < -0.4 is 9.47 Å². The van der Waals surface area contributed by atoms with Crippen LogP contribution in [-0.2, 0) is 0 Å². The van der Waals surface area contributed by atoms with E-state index in [1.807, 2.05) is 55.5 Å². The minimum absolute atomic E-state index is 0.262. The molecule has 3 aromatic carbocycles. The second-order valence-corrected chi connectivity index (χ2v) is 7.77. The number of ether oxygens (including phenoxy) is 2. The molecule has 4 aromatic rings. The number of fused-ring (bicyclic) bond motifs is 1. The highest BCUT2D eigenvalue weighted by Crippen LogP contribution is 2.48. The van der Waals surface area contributed by atoms with Gasteiger partial charge in [0, 0.05) is 16.2 Å². The van der Waals surface area contributed by atoms with Crippen LogP contribution in [-0.4, -0.2) is 7.11 Å². The zero-order valence-electron chi connectivity index (χ0n) is 16.5. The molecule has 4 rings (SSSR count). The number of halogens is 1.